The Morgan fingerprint density at radius 1 is 0.404 bits per heavy atom. The number of aryl methyl sites for hydroxylation is 3. The Hall–Kier alpha value is -7.16. The molecule has 6 N–H and O–H groups in total. The lowest BCUT2D eigenvalue weighted by Crippen LogP contribution is -1.95. The molecule has 7 nitrogen and oxygen atoms in total. The van der Waals surface area contributed by atoms with Gasteiger partial charge in [-0.05, 0) is 117 Å². The zero-order chi connectivity index (χ0) is 37.6. The SMILES string of the molecule is Cc1ccc(N)c(C#Cc2cc(F)cc(F)c2)n1.Cc1ccc(N)c(C#Cc2ccc(F)cc2)n1.Cc1ccc(N)c(C#Cc2cncc(F)c2)n1. The van der Waals surface area contributed by atoms with Crippen molar-refractivity contribution in [2.75, 3.05) is 17.2 Å². The number of rotatable bonds is 0. The second kappa shape index (κ2) is 18.0. The third-order valence-electron chi connectivity index (χ3n) is 6.58. The van der Waals surface area contributed by atoms with Crippen molar-refractivity contribution in [2.24, 2.45) is 0 Å². The molecule has 0 aliphatic heterocycles. The van der Waals surface area contributed by atoms with Crippen LogP contribution in [0.25, 0.3) is 0 Å². The molecule has 0 bridgehead atoms. The summed E-state index contributed by atoms with van der Waals surface area (Å²) in [6.07, 6.45) is 2.62. The van der Waals surface area contributed by atoms with Crippen molar-refractivity contribution in [3.8, 4) is 35.5 Å². The molecular weight excluding hydrogens is 666 g/mol. The fourth-order valence-electron chi connectivity index (χ4n) is 4.04. The maximum absolute atomic E-state index is 12.9. The largest absolute Gasteiger partial charge is 0.396 e. The molecular formula is C41H31F4N7. The molecule has 0 aliphatic rings. The van der Waals surface area contributed by atoms with E-state index in [1.54, 1.807) is 36.4 Å². The molecule has 0 radical (unpaired) electrons. The lowest BCUT2D eigenvalue weighted by atomic mass is 10.2. The van der Waals surface area contributed by atoms with Gasteiger partial charge in [-0.1, -0.05) is 17.8 Å². The maximum atomic E-state index is 12.9. The minimum absolute atomic E-state index is 0.246. The molecule has 6 aromatic rings. The van der Waals surface area contributed by atoms with Gasteiger partial charge in [0.25, 0.3) is 0 Å². The third kappa shape index (κ3) is 12.1. The molecule has 0 aliphatic carbocycles. The van der Waals surface area contributed by atoms with Crippen molar-refractivity contribution in [2.45, 2.75) is 20.8 Å². The van der Waals surface area contributed by atoms with Crippen molar-refractivity contribution < 1.29 is 17.6 Å². The molecule has 0 unspecified atom stereocenters. The third-order valence-corrected chi connectivity index (χ3v) is 6.58. The monoisotopic (exact) mass is 697 g/mol. The van der Waals surface area contributed by atoms with E-state index in [0.717, 1.165) is 47.0 Å². The van der Waals surface area contributed by atoms with E-state index in [1.807, 2.05) is 32.9 Å². The Labute approximate surface area is 299 Å². The van der Waals surface area contributed by atoms with Crippen LogP contribution >= 0.6 is 0 Å². The second-order valence-corrected chi connectivity index (χ2v) is 11.0. The number of nitrogens with zero attached hydrogens (tertiary/aromatic N) is 4. The van der Waals surface area contributed by atoms with Gasteiger partial charge in [-0.25, -0.2) is 32.5 Å². The van der Waals surface area contributed by atoms with Crippen molar-refractivity contribution >= 4 is 17.1 Å². The first kappa shape index (κ1) is 37.7. The van der Waals surface area contributed by atoms with Gasteiger partial charge in [0.15, 0.2) is 0 Å². The van der Waals surface area contributed by atoms with E-state index in [2.05, 4.69) is 55.5 Å². The number of nitrogens with two attached hydrogens (primary N) is 3. The van der Waals surface area contributed by atoms with Crippen molar-refractivity contribution in [1.29, 1.82) is 0 Å². The molecule has 6 rings (SSSR count). The summed E-state index contributed by atoms with van der Waals surface area (Å²) in [6, 6.07) is 21.0. The number of anilines is 3. The van der Waals surface area contributed by atoms with Gasteiger partial charge in [-0.2, -0.15) is 0 Å². The number of nitrogen functional groups attached to an aromatic ring is 3. The van der Waals surface area contributed by atoms with E-state index in [-0.39, 0.29) is 11.4 Å². The van der Waals surface area contributed by atoms with Crippen molar-refractivity contribution in [3.05, 3.63) is 171 Å². The molecule has 0 atom stereocenters. The molecule has 0 spiro atoms. The average Bonchev–Trinajstić information content (AvgIpc) is 3.10. The highest BCUT2D eigenvalue weighted by atomic mass is 19.1. The van der Waals surface area contributed by atoms with Gasteiger partial charge in [0.05, 0.1) is 23.3 Å². The van der Waals surface area contributed by atoms with Gasteiger partial charge in [0.1, 0.15) is 40.4 Å². The van der Waals surface area contributed by atoms with E-state index in [1.165, 1.54) is 24.4 Å². The number of hydrogen-bond donors (Lipinski definition) is 3. The molecule has 4 aromatic heterocycles. The Morgan fingerprint density at radius 2 is 0.808 bits per heavy atom. The lowest BCUT2D eigenvalue weighted by molar-refractivity contribution is 0.582. The van der Waals surface area contributed by atoms with Crippen LogP contribution in [0.1, 0.15) is 50.9 Å². The molecule has 0 fully saturated rings. The summed E-state index contributed by atoms with van der Waals surface area (Å²) >= 11 is 0. The summed E-state index contributed by atoms with van der Waals surface area (Å²) in [4.78, 5) is 16.3. The highest BCUT2D eigenvalue weighted by Gasteiger charge is 2.01. The van der Waals surface area contributed by atoms with Gasteiger partial charge < -0.3 is 17.2 Å². The summed E-state index contributed by atoms with van der Waals surface area (Å²) in [7, 11) is 0. The lowest BCUT2D eigenvalue weighted by Gasteiger charge is -1.98. The summed E-state index contributed by atoms with van der Waals surface area (Å²) < 4.78 is 51.5. The van der Waals surface area contributed by atoms with Crippen LogP contribution in [-0.4, -0.2) is 19.9 Å². The fraction of sp³-hybridized carbons (Fsp3) is 0.0732. The van der Waals surface area contributed by atoms with Crippen LogP contribution in [0, 0.1) is 79.6 Å². The van der Waals surface area contributed by atoms with Crippen LogP contribution < -0.4 is 17.2 Å². The van der Waals surface area contributed by atoms with Gasteiger partial charge >= 0.3 is 0 Å². The van der Waals surface area contributed by atoms with Crippen LogP contribution in [0.3, 0.4) is 0 Å². The van der Waals surface area contributed by atoms with Crippen molar-refractivity contribution in [3.63, 3.8) is 0 Å². The zero-order valence-corrected chi connectivity index (χ0v) is 28.3. The van der Waals surface area contributed by atoms with E-state index in [9.17, 15) is 17.6 Å². The molecule has 0 amide bonds. The minimum Gasteiger partial charge on any atom is -0.396 e. The normalized spacial score (nSPS) is 9.60. The molecule has 0 saturated carbocycles. The quantitative estimate of drug-likeness (QED) is 0.114. The maximum Gasteiger partial charge on any atom is 0.142 e. The predicted octanol–water partition coefficient (Wildman–Crippen LogP) is 7.07. The Kier molecular flexibility index (Phi) is 13.0. The zero-order valence-electron chi connectivity index (χ0n) is 28.3. The van der Waals surface area contributed by atoms with Gasteiger partial charge in [0, 0.05) is 46.0 Å². The highest BCUT2D eigenvalue weighted by Crippen LogP contribution is 2.12. The summed E-state index contributed by atoms with van der Waals surface area (Å²) in [5.74, 6) is 14.7. The van der Waals surface area contributed by atoms with Crippen LogP contribution in [0.15, 0.2) is 97.3 Å². The molecule has 258 valence electrons. The Balaban J connectivity index is 0.000000175. The molecule has 2 aromatic carbocycles. The van der Waals surface area contributed by atoms with Crippen LogP contribution in [0.2, 0.25) is 0 Å². The van der Waals surface area contributed by atoms with E-state index < -0.39 is 17.5 Å². The molecule has 0 saturated heterocycles. The summed E-state index contributed by atoms with van der Waals surface area (Å²) in [5.41, 5.74) is 24.1. The Morgan fingerprint density at radius 3 is 1.25 bits per heavy atom. The van der Waals surface area contributed by atoms with Crippen LogP contribution in [-0.2, 0) is 0 Å². The number of aromatic nitrogens is 4. The number of hydrogen-bond acceptors (Lipinski definition) is 7. The van der Waals surface area contributed by atoms with Crippen molar-refractivity contribution in [1.82, 2.24) is 19.9 Å². The topological polar surface area (TPSA) is 130 Å². The molecule has 11 heteroatoms. The van der Waals surface area contributed by atoms with Gasteiger partial charge in [-0.15, -0.1) is 0 Å². The fourth-order valence-corrected chi connectivity index (χ4v) is 4.04. The number of halogens is 4. The van der Waals surface area contributed by atoms with Crippen LogP contribution in [0.4, 0.5) is 34.6 Å². The highest BCUT2D eigenvalue weighted by molar-refractivity contribution is 5.56. The van der Waals surface area contributed by atoms with Crippen LogP contribution in [0.5, 0.6) is 0 Å². The number of pyridine rings is 4. The first-order valence-corrected chi connectivity index (χ1v) is 15.4. The molecule has 52 heavy (non-hydrogen) atoms. The average molecular weight is 698 g/mol. The van der Waals surface area contributed by atoms with Gasteiger partial charge in [0.2, 0.25) is 0 Å². The van der Waals surface area contributed by atoms with E-state index >= 15 is 0 Å². The number of benzene rings is 2. The van der Waals surface area contributed by atoms with E-state index in [0.29, 0.717) is 39.7 Å². The first-order valence-electron chi connectivity index (χ1n) is 15.4. The molecule has 4 heterocycles. The predicted molar refractivity (Wildman–Crippen MR) is 195 cm³/mol. The summed E-state index contributed by atoms with van der Waals surface area (Å²) in [6.45, 7) is 5.54. The van der Waals surface area contributed by atoms with E-state index in [4.69, 9.17) is 17.2 Å². The Bertz CT molecular complexity index is 2380. The smallest absolute Gasteiger partial charge is 0.142 e. The van der Waals surface area contributed by atoms with Gasteiger partial charge in [-0.3, -0.25) is 4.98 Å². The second-order valence-electron chi connectivity index (χ2n) is 11.0. The standard InChI is InChI=1S/C14H10F2N2.C14H11FN2.C13H10FN3/c1-9-2-4-13(17)14(18-9)5-3-10-6-11(15)8-12(16)7-10;1-10-2-8-13(16)14(17-10)9-5-11-3-6-12(15)7-4-11;1-9-2-4-12(15)13(17-9)5-3-10-6-11(14)8-16-7-10/h2,4,6-8H,17H2,1H3;2-4,6-8H,16H2,1H3;2,4,6-8H,15H2,1H3. The summed E-state index contributed by atoms with van der Waals surface area (Å²) in [5, 5.41) is 0. The first-order chi connectivity index (χ1) is 24.8. The minimum atomic E-state index is -0.663.